The number of hydrogen-bond donors (Lipinski definition) is 4. The Morgan fingerprint density at radius 2 is 1.84 bits per heavy atom. The van der Waals surface area contributed by atoms with Crippen molar-refractivity contribution in [3.05, 3.63) is 95.6 Å². The van der Waals surface area contributed by atoms with Crippen molar-refractivity contribution in [1.29, 1.82) is 0 Å². The predicted molar refractivity (Wildman–Crippen MR) is 157 cm³/mol. The lowest BCUT2D eigenvalue weighted by molar-refractivity contribution is -0.664. The highest BCUT2D eigenvalue weighted by Crippen LogP contribution is 2.58. The molecule has 4 atom stereocenters. The van der Waals surface area contributed by atoms with Gasteiger partial charge in [0.15, 0.2) is 0 Å². The minimum absolute atomic E-state index is 0.0401. The van der Waals surface area contributed by atoms with Gasteiger partial charge in [0.2, 0.25) is 18.5 Å². The molecule has 1 aliphatic heterocycles. The molecular formula is C27H30N7O7P2+. The van der Waals surface area contributed by atoms with Crippen LogP contribution in [0.3, 0.4) is 0 Å². The molecule has 224 valence electrons. The molecule has 5 aromatic rings. The molecule has 16 heteroatoms. The molecule has 6 rings (SSSR count). The van der Waals surface area contributed by atoms with E-state index in [1.165, 1.54) is 12.4 Å². The van der Waals surface area contributed by atoms with Gasteiger partial charge in [-0.1, -0.05) is 54.6 Å². The van der Waals surface area contributed by atoms with Crippen LogP contribution >= 0.6 is 15.1 Å². The van der Waals surface area contributed by atoms with E-state index in [2.05, 4.69) is 15.0 Å². The highest BCUT2D eigenvalue weighted by atomic mass is 31.2. The number of nitrogens with two attached hydrogens (primary N) is 1. The third-order valence-corrected chi connectivity index (χ3v) is 11.6. The van der Waals surface area contributed by atoms with E-state index in [-0.39, 0.29) is 12.6 Å². The van der Waals surface area contributed by atoms with Crippen LogP contribution in [0.4, 0.5) is 5.95 Å². The second-order valence-electron chi connectivity index (χ2n) is 10.3. The lowest BCUT2D eigenvalue weighted by Gasteiger charge is -2.18. The van der Waals surface area contributed by atoms with E-state index in [9.17, 15) is 23.7 Å². The Bertz CT molecular complexity index is 1890. The number of imidazole rings is 2. The molecule has 3 unspecified atom stereocenters. The molecule has 43 heavy (non-hydrogen) atoms. The first-order valence-corrected chi connectivity index (χ1v) is 17.0. The lowest BCUT2D eigenvalue weighted by atomic mass is 10.0. The largest absolute Gasteiger partial charge is 0.369 e. The first kappa shape index (κ1) is 29.2. The first-order valence-electron chi connectivity index (χ1n) is 13.4. The van der Waals surface area contributed by atoms with Crippen molar-refractivity contribution in [3.63, 3.8) is 0 Å². The summed E-state index contributed by atoms with van der Waals surface area (Å²) in [6.07, 6.45) is 5.23. The summed E-state index contributed by atoms with van der Waals surface area (Å²) < 4.78 is 40.8. The van der Waals surface area contributed by atoms with E-state index in [0.717, 1.165) is 27.4 Å². The molecule has 1 fully saturated rings. The van der Waals surface area contributed by atoms with Crippen LogP contribution in [0.2, 0.25) is 0 Å². The van der Waals surface area contributed by atoms with Crippen LogP contribution < -0.4 is 15.9 Å². The van der Waals surface area contributed by atoms with Gasteiger partial charge in [-0.05, 0) is 23.1 Å². The van der Waals surface area contributed by atoms with Crippen molar-refractivity contribution >= 4 is 32.2 Å². The highest BCUT2D eigenvalue weighted by Gasteiger charge is 2.38. The van der Waals surface area contributed by atoms with Crippen molar-refractivity contribution in [3.8, 4) is 11.1 Å². The fraction of sp³-hybridized carbons (Fsp3) is 0.259. The number of anilines is 1. The van der Waals surface area contributed by atoms with Gasteiger partial charge in [-0.2, -0.15) is 9.55 Å². The predicted octanol–water partition coefficient (Wildman–Crippen LogP) is 3.08. The van der Waals surface area contributed by atoms with Gasteiger partial charge in [0.05, 0.1) is 12.7 Å². The van der Waals surface area contributed by atoms with Gasteiger partial charge in [-0.3, -0.25) is 23.2 Å². The summed E-state index contributed by atoms with van der Waals surface area (Å²) in [7, 11) is -8.64. The molecule has 0 aliphatic carbocycles. The summed E-state index contributed by atoms with van der Waals surface area (Å²) in [5.41, 5.74) is 9.29. The molecule has 4 heterocycles. The summed E-state index contributed by atoms with van der Waals surface area (Å²) in [6.45, 7) is 0.121. The second-order valence-corrected chi connectivity index (χ2v) is 14.8. The average Bonchev–Trinajstić information content (AvgIpc) is 3.73. The van der Waals surface area contributed by atoms with E-state index in [0.29, 0.717) is 30.6 Å². The van der Waals surface area contributed by atoms with E-state index in [4.69, 9.17) is 15.0 Å². The van der Waals surface area contributed by atoms with Gasteiger partial charge >= 0.3 is 20.7 Å². The van der Waals surface area contributed by atoms with Gasteiger partial charge in [-0.25, -0.2) is 9.55 Å². The molecule has 2 aromatic carbocycles. The average molecular weight is 627 g/mol. The van der Waals surface area contributed by atoms with Crippen LogP contribution in [-0.2, 0) is 24.9 Å². The van der Waals surface area contributed by atoms with Crippen LogP contribution in [0.5, 0.6) is 0 Å². The fourth-order valence-corrected chi connectivity index (χ4v) is 8.79. The highest BCUT2D eigenvalue weighted by molar-refractivity contribution is 7.72. The minimum atomic E-state index is -4.44. The number of ether oxygens (including phenoxy) is 1. The van der Waals surface area contributed by atoms with Crippen LogP contribution in [0.1, 0.15) is 24.6 Å². The monoisotopic (exact) mass is 626 g/mol. The zero-order chi connectivity index (χ0) is 30.2. The number of benzene rings is 2. The maximum Gasteiger partial charge on any atom is 0.339 e. The zero-order valence-corrected chi connectivity index (χ0v) is 24.6. The van der Waals surface area contributed by atoms with E-state index >= 15 is 0 Å². The maximum absolute atomic E-state index is 13.0. The van der Waals surface area contributed by atoms with Gasteiger partial charge in [0.1, 0.15) is 18.8 Å². The number of aromatic nitrogens is 6. The summed E-state index contributed by atoms with van der Waals surface area (Å²) in [5.74, 6) is -1.01. The Labute approximate surface area is 245 Å². The third-order valence-electron chi connectivity index (χ3n) is 7.18. The van der Waals surface area contributed by atoms with Crippen LogP contribution in [0.25, 0.3) is 22.3 Å². The van der Waals surface area contributed by atoms with Gasteiger partial charge in [-0.15, -0.1) is 0 Å². The number of nitrogen functional groups attached to an aromatic ring is 1. The Hall–Kier alpha value is -3.90. The number of H-pyrrole nitrogens is 1. The number of fused-ring (bicyclic) bond motifs is 1. The summed E-state index contributed by atoms with van der Waals surface area (Å²) in [5, 5.41) is 0. The Balaban J connectivity index is 1.18. The SMILES string of the molecule is Nc1nc2c(c(=O)[nH]1)[n+](Cc1ccc(-c3ccccc3)cc1)cn2[C@@H]1CCC(COP(=O)(O)CP(=O)(O)n2ccnc2)O1. The summed E-state index contributed by atoms with van der Waals surface area (Å²) in [4.78, 5) is 44.1. The quantitative estimate of drug-likeness (QED) is 0.132. The molecule has 0 amide bonds. The van der Waals surface area contributed by atoms with Gasteiger partial charge < -0.3 is 24.8 Å². The molecule has 0 bridgehead atoms. The van der Waals surface area contributed by atoms with E-state index in [1.54, 1.807) is 15.5 Å². The van der Waals surface area contributed by atoms with E-state index in [1.807, 2.05) is 54.6 Å². The molecule has 1 saturated heterocycles. The van der Waals surface area contributed by atoms with Crippen molar-refractivity contribution in [2.45, 2.75) is 31.7 Å². The number of hydrogen-bond acceptors (Lipinski definition) is 8. The Kier molecular flexibility index (Phi) is 7.91. The Morgan fingerprint density at radius 3 is 2.56 bits per heavy atom. The minimum Gasteiger partial charge on any atom is -0.369 e. The van der Waals surface area contributed by atoms with Crippen LogP contribution in [-0.4, -0.2) is 52.3 Å². The van der Waals surface area contributed by atoms with Gasteiger partial charge in [0.25, 0.3) is 11.2 Å². The lowest BCUT2D eigenvalue weighted by Crippen LogP contribution is -2.37. The smallest absolute Gasteiger partial charge is 0.339 e. The number of nitrogens with one attached hydrogen (secondary N) is 1. The van der Waals surface area contributed by atoms with Crippen LogP contribution in [0, 0.1) is 0 Å². The van der Waals surface area contributed by atoms with Crippen molar-refractivity contribution in [2.75, 3.05) is 18.2 Å². The van der Waals surface area contributed by atoms with Crippen molar-refractivity contribution < 1.29 is 32.7 Å². The first-order chi connectivity index (χ1) is 20.6. The molecule has 0 saturated carbocycles. The molecule has 5 N–H and O–H groups in total. The number of rotatable bonds is 10. The normalized spacial score (nSPS) is 19.8. The van der Waals surface area contributed by atoms with Crippen molar-refractivity contribution in [1.82, 2.24) is 23.9 Å². The van der Waals surface area contributed by atoms with Crippen LogP contribution in [0.15, 0.2) is 84.4 Å². The molecule has 0 radical (unpaired) electrons. The summed E-state index contributed by atoms with van der Waals surface area (Å²) >= 11 is 0. The molecule has 14 nitrogen and oxygen atoms in total. The van der Waals surface area contributed by atoms with Crippen molar-refractivity contribution in [2.24, 2.45) is 0 Å². The molecule has 0 spiro atoms. The number of aromatic amines is 1. The van der Waals surface area contributed by atoms with Gasteiger partial charge in [0, 0.05) is 18.8 Å². The number of nitrogens with zero attached hydrogens (tertiary/aromatic N) is 5. The third kappa shape index (κ3) is 6.40. The molecular weight excluding hydrogens is 596 g/mol. The standard InChI is InChI=1S/C27H29N7O7P2/c28-27-30-25-24(26(35)31-27)32(14-19-6-8-21(9-7-19)20-4-2-1-3-5-20)17-34(25)23-11-10-22(41-23)15-40-43(38,39)18-42(36,37)33-13-12-29-16-33/h1-9,12-13,16-17,22-23H,10-11,14-15,18H2,(H4-,28,30,31,35,36,37,38,39)/p+1/t22?,23-/m0/s1. The van der Waals surface area contributed by atoms with E-state index < -0.39 is 38.9 Å². The molecule has 1 aliphatic rings. The maximum atomic E-state index is 13.0. The second kappa shape index (κ2) is 11.6. The Morgan fingerprint density at radius 1 is 1.09 bits per heavy atom. The fourth-order valence-electron chi connectivity index (χ4n) is 5.13. The topological polar surface area (TPSA) is 191 Å². The zero-order valence-electron chi connectivity index (χ0n) is 22.8. The summed E-state index contributed by atoms with van der Waals surface area (Å²) in [6, 6.07) is 18.1. The molecule has 3 aromatic heterocycles.